The van der Waals surface area contributed by atoms with Gasteiger partial charge in [-0.2, -0.15) is 0 Å². The van der Waals surface area contributed by atoms with Crippen molar-refractivity contribution < 1.29 is 5.11 Å². The summed E-state index contributed by atoms with van der Waals surface area (Å²) in [6.07, 6.45) is 9.00. The van der Waals surface area contributed by atoms with Crippen molar-refractivity contribution in [3.63, 3.8) is 0 Å². The number of hydrogen-bond acceptors (Lipinski definition) is 3. The van der Waals surface area contributed by atoms with Gasteiger partial charge >= 0.3 is 0 Å². The summed E-state index contributed by atoms with van der Waals surface area (Å²) in [5, 5.41) is 17.7. The van der Waals surface area contributed by atoms with Gasteiger partial charge in [0.15, 0.2) is 5.96 Å². The quantitative estimate of drug-likeness (QED) is 0.310. The van der Waals surface area contributed by atoms with E-state index in [0.717, 1.165) is 44.7 Å². The molecule has 2 bridgehead atoms. The highest BCUT2D eigenvalue weighted by atomic mass is 127. The van der Waals surface area contributed by atoms with Crippen LogP contribution < -0.4 is 10.6 Å². The number of halogens is 1. The number of nitrogens with zero attached hydrogens (tertiary/aromatic N) is 2. The van der Waals surface area contributed by atoms with Crippen LogP contribution in [-0.4, -0.2) is 52.8 Å². The van der Waals surface area contributed by atoms with Gasteiger partial charge in [-0.25, -0.2) is 0 Å². The first-order valence-corrected chi connectivity index (χ1v) is 11.2. The Morgan fingerprint density at radius 2 is 1.79 bits per heavy atom. The second-order valence-electron chi connectivity index (χ2n) is 8.98. The molecule has 1 aromatic carbocycles. The molecular formula is C23H37IN4O. The number of aliphatic imine (C=N–C) groups is 1. The van der Waals surface area contributed by atoms with Gasteiger partial charge in [0.05, 0.1) is 12.1 Å². The number of piperidine rings is 1. The van der Waals surface area contributed by atoms with E-state index in [1.165, 1.54) is 31.2 Å². The zero-order chi connectivity index (χ0) is 19.4. The second kappa shape index (κ2) is 10.4. The molecule has 0 aromatic heterocycles. The molecule has 1 aromatic rings. The van der Waals surface area contributed by atoms with Gasteiger partial charge in [0.25, 0.3) is 0 Å². The summed E-state index contributed by atoms with van der Waals surface area (Å²) in [7, 11) is 0. The van der Waals surface area contributed by atoms with E-state index < -0.39 is 5.60 Å². The smallest absolute Gasteiger partial charge is 0.191 e. The summed E-state index contributed by atoms with van der Waals surface area (Å²) >= 11 is 0. The molecule has 3 N–H and O–H groups in total. The molecule has 0 radical (unpaired) electrons. The minimum absolute atomic E-state index is 0. The first kappa shape index (κ1) is 22.8. The van der Waals surface area contributed by atoms with Crippen LogP contribution in [0.1, 0.15) is 63.9 Å². The van der Waals surface area contributed by atoms with Crippen molar-refractivity contribution in [3.8, 4) is 0 Å². The molecule has 0 amide bonds. The van der Waals surface area contributed by atoms with E-state index in [9.17, 15) is 5.11 Å². The number of guanidine groups is 1. The molecule has 5 nitrogen and oxygen atoms in total. The molecule has 3 aliphatic rings. The van der Waals surface area contributed by atoms with E-state index >= 15 is 0 Å². The average molecular weight is 512 g/mol. The topological polar surface area (TPSA) is 59.9 Å². The van der Waals surface area contributed by atoms with Crippen LogP contribution in [0.25, 0.3) is 0 Å². The number of aliphatic hydroxyl groups is 1. The van der Waals surface area contributed by atoms with Gasteiger partial charge in [-0.3, -0.25) is 9.89 Å². The van der Waals surface area contributed by atoms with Gasteiger partial charge in [-0.1, -0.05) is 43.2 Å². The van der Waals surface area contributed by atoms with E-state index in [1.54, 1.807) is 0 Å². The second-order valence-corrected chi connectivity index (χ2v) is 8.98. The van der Waals surface area contributed by atoms with Crippen molar-refractivity contribution in [1.82, 2.24) is 15.5 Å². The van der Waals surface area contributed by atoms with Gasteiger partial charge < -0.3 is 15.7 Å². The lowest BCUT2D eigenvalue weighted by Gasteiger charge is -2.39. The van der Waals surface area contributed by atoms with Crippen molar-refractivity contribution in [2.24, 2.45) is 4.99 Å². The predicted molar refractivity (Wildman–Crippen MR) is 130 cm³/mol. The maximum atomic E-state index is 10.6. The highest BCUT2D eigenvalue weighted by molar-refractivity contribution is 14.0. The van der Waals surface area contributed by atoms with Crippen molar-refractivity contribution in [2.45, 2.75) is 88.6 Å². The third-order valence-corrected chi connectivity index (χ3v) is 6.84. The monoisotopic (exact) mass is 512 g/mol. The molecule has 6 heteroatoms. The van der Waals surface area contributed by atoms with Gasteiger partial charge in [-0.15, -0.1) is 24.0 Å². The van der Waals surface area contributed by atoms with Gasteiger partial charge in [0.1, 0.15) is 0 Å². The standard InChI is InChI=1S/C23H36N4O.HI/c1-2-24-22(25-17-23(28)12-6-7-13-23)26-19-14-20-10-11-21(15-19)27(20)16-18-8-4-3-5-9-18;/h3-5,8-9,19-21,28H,2,6-7,10-17H2,1H3,(H2,24,25,26);1H. The summed E-state index contributed by atoms with van der Waals surface area (Å²) in [5.41, 5.74) is 0.839. The molecular weight excluding hydrogens is 475 g/mol. The van der Waals surface area contributed by atoms with Crippen molar-refractivity contribution in [3.05, 3.63) is 35.9 Å². The first-order valence-electron chi connectivity index (χ1n) is 11.2. The minimum atomic E-state index is -0.583. The summed E-state index contributed by atoms with van der Waals surface area (Å²) in [6.45, 7) is 4.55. The molecule has 3 fully saturated rings. The van der Waals surface area contributed by atoms with Crippen molar-refractivity contribution in [1.29, 1.82) is 0 Å². The zero-order valence-corrected chi connectivity index (χ0v) is 20.0. The first-order chi connectivity index (χ1) is 13.6. The lowest BCUT2D eigenvalue weighted by molar-refractivity contribution is 0.0573. The van der Waals surface area contributed by atoms with Crippen LogP contribution >= 0.6 is 24.0 Å². The minimum Gasteiger partial charge on any atom is -0.388 e. The van der Waals surface area contributed by atoms with Gasteiger partial charge in [0.2, 0.25) is 0 Å². The highest BCUT2D eigenvalue weighted by Gasteiger charge is 2.40. The molecule has 2 atom stereocenters. The molecule has 2 heterocycles. The Morgan fingerprint density at radius 3 is 2.41 bits per heavy atom. The van der Waals surface area contributed by atoms with Gasteiger partial charge in [-0.05, 0) is 51.0 Å². The maximum Gasteiger partial charge on any atom is 0.191 e. The number of nitrogens with one attached hydrogen (secondary N) is 2. The average Bonchev–Trinajstić information content (AvgIpc) is 3.22. The van der Waals surface area contributed by atoms with E-state index in [0.29, 0.717) is 24.7 Å². The highest BCUT2D eigenvalue weighted by Crippen LogP contribution is 2.37. The fourth-order valence-electron chi connectivity index (χ4n) is 5.38. The van der Waals surface area contributed by atoms with Crippen molar-refractivity contribution >= 4 is 29.9 Å². The summed E-state index contributed by atoms with van der Waals surface area (Å²) in [4.78, 5) is 7.47. The molecule has 1 aliphatic carbocycles. The SMILES string of the molecule is CCNC(=NCC1(O)CCCC1)NC1CC2CCC(C1)N2Cc1ccccc1.I. The van der Waals surface area contributed by atoms with Crippen LogP contribution in [0, 0.1) is 0 Å². The largest absolute Gasteiger partial charge is 0.388 e. The fraction of sp³-hybridized carbons (Fsp3) is 0.696. The van der Waals surface area contributed by atoms with Crippen LogP contribution in [0.15, 0.2) is 35.3 Å². The van der Waals surface area contributed by atoms with E-state index in [1.807, 2.05) is 0 Å². The van der Waals surface area contributed by atoms with Crippen LogP contribution in [0.3, 0.4) is 0 Å². The summed E-state index contributed by atoms with van der Waals surface area (Å²) in [6, 6.07) is 12.7. The zero-order valence-electron chi connectivity index (χ0n) is 17.6. The van der Waals surface area contributed by atoms with Crippen LogP contribution in [-0.2, 0) is 6.54 Å². The predicted octanol–water partition coefficient (Wildman–Crippen LogP) is 3.66. The third kappa shape index (κ3) is 5.85. The molecule has 2 saturated heterocycles. The lowest BCUT2D eigenvalue weighted by atomic mass is 9.96. The summed E-state index contributed by atoms with van der Waals surface area (Å²) < 4.78 is 0. The number of rotatable bonds is 6. The Morgan fingerprint density at radius 1 is 1.14 bits per heavy atom. The maximum absolute atomic E-state index is 10.6. The summed E-state index contributed by atoms with van der Waals surface area (Å²) in [5.74, 6) is 0.878. The van der Waals surface area contributed by atoms with Crippen LogP contribution in [0.2, 0.25) is 0 Å². The molecule has 4 rings (SSSR count). The molecule has 2 unspecified atom stereocenters. The van der Waals surface area contributed by atoms with Gasteiger partial charge in [0, 0.05) is 31.2 Å². The Labute approximate surface area is 192 Å². The third-order valence-electron chi connectivity index (χ3n) is 6.84. The number of benzene rings is 1. The Hall–Kier alpha value is -0.860. The number of hydrogen-bond donors (Lipinski definition) is 3. The van der Waals surface area contributed by atoms with Crippen LogP contribution in [0.5, 0.6) is 0 Å². The molecule has 29 heavy (non-hydrogen) atoms. The Balaban J connectivity index is 0.00000240. The van der Waals surface area contributed by atoms with E-state index in [-0.39, 0.29) is 24.0 Å². The lowest BCUT2D eigenvalue weighted by Crippen LogP contribution is -2.52. The molecule has 1 saturated carbocycles. The Bertz CT molecular complexity index is 648. The molecule has 2 aliphatic heterocycles. The van der Waals surface area contributed by atoms with Crippen molar-refractivity contribution in [2.75, 3.05) is 13.1 Å². The van der Waals surface area contributed by atoms with Crippen LogP contribution in [0.4, 0.5) is 0 Å². The normalized spacial score (nSPS) is 28.8. The van der Waals surface area contributed by atoms with E-state index in [4.69, 9.17) is 4.99 Å². The van der Waals surface area contributed by atoms with E-state index in [2.05, 4.69) is 52.8 Å². The molecule has 0 spiro atoms. The number of fused-ring (bicyclic) bond motifs is 2. The fourth-order valence-corrected chi connectivity index (χ4v) is 5.38. The molecule has 162 valence electrons. The Kier molecular flexibility index (Phi) is 8.22.